The number of nitrogens with zero attached hydrogens (tertiary/aromatic N) is 1. The molecule has 1 aliphatic heterocycles. The summed E-state index contributed by atoms with van der Waals surface area (Å²) in [6, 6.07) is 0. The Labute approximate surface area is 139 Å². The molecule has 0 unspecified atom stereocenters. The number of hydrogen-bond acceptors (Lipinski definition) is 3. The summed E-state index contributed by atoms with van der Waals surface area (Å²) in [6.45, 7) is 19.5. The maximum absolute atomic E-state index is 11.9. The Balaban J connectivity index is 0. The molecule has 0 saturated carbocycles. The van der Waals surface area contributed by atoms with Crippen molar-refractivity contribution < 1.29 is 9.53 Å². The fourth-order valence-electron chi connectivity index (χ4n) is 2.16. The van der Waals surface area contributed by atoms with E-state index in [1.54, 1.807) is 0 Å². The fraction of sp³-hybridized carbons (Fsp3) is 0.947. The highest BCUT2D eigenvalue weighted by Gasteiger charge is 2.28. The van der Waals surface area contributed by atoms with Crippen LogP contribution in [-0.2, 0) is 9.53 Å². The number of likely N-dealkylation sites (tertiary alicyclic amines) is 1. The molecule has 0 radical (unpaired) electrons. The monoisotopic (exact) mass is 315 g/mol. The van der Waals surface area contributed by atoms with Crippen LogP contribution in [-0.4, -0.2) is 36.1 Å². The van der Waals surface area contributed by atoms with Gasteiger partial charge in [0.2, 0.25) is 0 Å². The van der Waals surface area contributed by atoms with Gasteiger partial charge in [-0.15, -0.1) is 0 Å². The molecule has 1 saturated heterocycles. The molecule has 0 aromatic rings. The van der Waals surface area contributed by atoms with E-state index in [-0.39, 0.29) is 17.5 Å². The van der Waals surface area contributed by atoms with Crippen molar-refractivity contribution in [2.45, 2.75) is 93.1 Å². The third-order valence-corrected chi connectivity index (χ3v) is 3.16. The van der Waals surface area contributed by atoms with Gasteiger partial charge in [-0.3, -0.25) is 4.79 Å². The second-order valence-corrected chi connectivity index (χ2v) is 6.71. The zero-order chi connectivity index (χ0) is 17.6. The zero-order valence-electron chi connectivity index (χ0n) is 16.5. The van der Waals surface area contributed by atoms with Gasteiger partial charge in [0.1, 0.15) is 5.60 Å². The van der Waals surface area contributed by atoms with Gasteiger partial charge in [-0.05, 0) is 59.7 Å². The Morgan fingerprint density at radius 2 is 1.55 bits per heavy atom. The predicted octanol–water partition coefficient (Wildman–Crippen LogP) is 5.28. The van der Waals surface area contributed by atoms with Gasteiger partial charge in [0, 0.05) is 0 Å². The van der Waals surface area contributed by atoms with Gasteiger partial charge < -0.3 is 9.64 Å². The lowest BCUT2D eigenvalue weighted by atomic mass is 9.96. The van der Waals surface area contributed by atoms with Gasteiger partial charge in [-0.25, -0.2) is 0 Å². The maximum Gasteiger partial charge on any atom is 0.309 e. The number of unbranched alkanes of at least 4 members (excludes halogenated alkanes) is 1. The van der Waals surface area contributed by atoms with E-state index < -0.39 is 0 Å². The highest BCUT2D eigenvalue weighted by molar-refractivity contribution is 5.73. The largest absolute Gasteiger partial charge is 0.460 e. The summed E-state index contributed by atoms with van der Waals surface area (Å²) >= 11 is 0. The molecule has 0 aromatic heterocycles. The van der Waals surface area contributed by atoms with Gasteiger partial charge in [0.25, 0.3) is 0 Å². The average molecular weight is 316 g/mol. The first kappa shape index (κ1) is 23.7. The molecule has 0 aromatic carbocycles. The zero-order valence-corrected chi connectivity index (χ0v) is 16.5. The minimum atomic E-state index is -0.351. The van der Waals surface area contributed by atoms with E-state index in [0.29, 0.717) is 0 Å². The molecule has 1 heterocycles. The van der Waals surface area contributed by atoms with Crippen molar-refractivity contribution in [3.05, 3.63) is 0 Å². The van der Waals surface area contributed by atoms with Crippen LogP contribution in [0, 0.1) is 5.92 Å². The number of ether oxygens (including phenoxy) is 1. The lowest BCUT2D eigenvalue weighted by molar-refractivity contribution is -0.161. The fourth-order valence-corrected chi connectivity index (χ4v) is 2.16. The van der Waals surface area contributed by atoms with E-state index in [1.807, 2.05) is 34.6 Å². The first-order valence-electron chi connectivity index (χ1n) is 9.29. The predicted molar refractivity (Wildman–Crippen MR) is 97.2 cm³/mol. The molecule has 134 valence electrons. The second kappa shape index (κ2) is 14.0. The van der Waals surface area contributed by atoms with Crippen molar-refractivity contribution in [3.8, 4) is 0 Å². The Hall–Kier alpha value is -0.570. The minimum absolute atomic E-state index is 0.00681. The van der Waals surface area contributed by atoms with Crippen molar-refractivity contribution >= 4 is 5.97 Å². The molecule has 22 heavy (non-hydrogen) atoms. The first-order valence-corrected chi connectivity index (χ1v) is 9.29. The second-order valence-electron chi connectivity index (χ2n) is 6.71. The van der Waals surface area contributed by atoms with Crippen LogP contribution >= 0.6 is 0 Å². The van der Waals surface area contributed by atoms with Crippen LogP contribution in [0.4, 0.5) is 0 Å². The smallest absolute Gasteiger partial charge is 0.309 e. The molecule has 1 rings (SSSR count). The lowest BCUT2D eigenvalue weighted by Crippen LogP contribution is -2.39. The number of piperidine rings is 1. The third-order valence-electron chi connectivity index (χ3n) is 3.16. The molecule has 0 amide bonds. The standard InChI is InChI=1S/C14H27NO2.C3H8.C2H6/c1-5-6-9-15-10-7-12(8-11-15)13(16)17-14(2,3)4;1-3-2;1-2/h12H,5-11H2,1-4H3;3H2,1-2H3;1-2H3. The first-order chi connectivity index (χ1) is 10.3. The van der Waals surface area contributed by atoms with Crippen molar-refractivity contribution in [3.63, 3.8) is 0 Å². The molecule has 0 N–H and O–H groups in total. The molecule has 0 atom stereocenters. The molecule has 1 fully saturated rings. The molecule has 3 nitrogen and oxygen atoms in total. The Kier molecular flexibility index (Phi) is 15.1. The molecular weight excluding hydrogens is 274 g/mol. The number of rotatable bonds is 4. The van der Waals surface area contributed by atoms with E-state index in [2.05, 4.69) is 25.7 Å². The van der Waals surface area contributed by atoms with Crippen LogP contribution in [0.2, 0.25) is 0 Å². The van der Waals surface area contributed by atoms with E-state index in [1.165, 1.54) is 25.8 Å². The van der Waals surface area contributed by atoms with Gasteiger partial charge in [-0.2, -0.15) is 0 Å². The summed E-state index contributed by atoms with van der Waals surface area (Å²) < 4.78 is 5.44. The SMILES string of the molecule is CC.CCC.CCCCN1CCC(C(=O)OC(C)(C)C)CC1. The quantitative estimate of drug-likeness (QED) is 0.661. The molecule has 0 bridgehead atoms. The summed E-state index contributed by atoms with van der Waals surface area (Å²) in [5, 5.41) is 0. The van der Waals surface area contributed by atoms with Crippen LogP contribution in [0.1, 0.15) is 87.5 Å². The Morgan fingerprint density at radius 1 is 1.09 bits per heavy atom. The van der Waals surface area contributed by atoms with Crippen LogP contribution in [0.25, 0.3) is 0 Å². The molecule has 3 heteroatoms. The van der Waals surface area contributed by atoms with Crippen LogP contribution < -0.4 is 0 Å². The van der Waals surface area contributed by atoms with Crippen molar-refractivity contribution in [1.82, 2.24) is 4.90 Å². The highest BCUT2D eigenvalue weighted by Crippen LogP contribution is 2.21. The minimum Gasteiger partial charge on any atom is -0.460 e. The van der Waals surface area contributed by atoms with Gasteiger partial charge in [0.05, 0.1) is 5.92 Å². The number of carbonyl (C=O) groups excluding carboxylic acids is 1. The van der Waals surface area contributed by atoms with Crippen LogP contribution in [0.15, 0.2) is 0 Å². The van der Waals surface area contributed by atoms with E-state index in [9.17, 15) is 4.79 Å². The molecular formula is C19H41NO2. The van der Waals surface area contributed by atoms with Crippen molar-refractivity contribution in [2.75, 3.05) is 19.6 Å². The van der Waals surface area contributed by atoms with Gasteiger partial charge in [-0.1, -0.05) is 47.5 Å². The van der Waals surface area contributed by atoms with E-state index in [0.717, 1.165) is 25.9 Å². The highest BCUT2D eigenvalue weighted by atomic mass is 16.6. The topological polar surface area (TPSA) is 29.5 Å². The molecule has 0 spiro atoms. The van der Waals surface area contributed by atoms with E-state index >= 15 is 0 Å². The normalized spacial score (nSPS) is 16.0. The number of hydrogen-bond donors (Lipinski definition) is 0. The van der Waals surface area contributed by atoms with Crippen LogP contribution in [0.3, 0.4) is 0 Å². The van der Waals surface area contributed by atoms with E-state index in [4.69, 9.17) is 4.74 Å². The van der Waals surface area contributed by atoms with Gasteiger partial charge in [0.15, 0.2) is 0 Å². The maximum atomic E-state index is 11.9. The van der Waals surface area contributed by atoms with Crippen LogP contribution in [0.5, 0.6) is 0 Å². The Bertz CT molecular complexity index is 251. The molecule has 1 aliphatic rings. The van der Waals surface area contributed by atoms with Gasteiger partial charge >= 0.3 is 5.97 Å². The lowest BCUT2D eigenvalue weighted by Gasteiger charge is -2.32. The summed E-state index contributed by atoms with van der Waals surface area (Å²) in [5.41, 5.74) is -0.351. The average Bonchev–Trinajstić information content (AvgIpc) is 2.47. The summed E-state index contributed by atoms with van der Waals surface area (Å²) in [6.07, 6.45) is 5.67. The number of carbonyl (C=O) groups is 1. The summed E-state index contributed by atoms with van der Waals surface area (Å²) in [5.74, 6) is 0.111. The Morgan fingerprint density at radius 3 is 1.91 bits per heavy atom. The summed E-state index contributed by atoms with van der Waals surface area (Å²) in [7, 11) is 0. The van der Waals surface area contributed by atoms with Crippen molar-refractivity contribution in [1.29, 1.82) is 0 Å². The number of esters is 1. The molecule has 0 aliphatic carbocycles. The summed E-state index contributed by atoms with van der Waals surface area (Å²) in [4.78, 5) is 14.4. The third kappa shape index (κ3) is 13.1. The van der Waals surface area contributed by atoms with Crippen molar-refractivity contribution in [2.24, 2.45) is 5.92 Å².